The monoisotopic (exact) mass is 432 g/mol. The number of piperidine rings is 1. The Kier molecular flexibility index (Phi) is 7.94. The number of rotatable bonds is 6. The molecule has 7 heteroatoms. The molecule has 1 amide bonds. The van der Waals surface area contributed by atoms with Crippen LogP contribution in [0.15, 0.2) is 18.2 Å². The van der Waals surface area contributed by atoms with Crippen LogP contribution in [-0.2, 0) is 11.3 Å². The summed E-state index contributed by atoms with van der Waals surface area (Å²) < 4.78 is 21.3. The van der Waals surface area contributed by atoms with E-state index in [2.05, 4.69) is 17.1 Å². The van der Waals surface area contributed by atoms with Crippen molar-refractivity contribution in [2.75, 3.05) is 38.8 Å². The third kappa shape index (κ3) is 4.44. The first-order chi connectivity index (χ1) is 15.0. The molecular weight excluding hydrogens is 395 g/mol. The first-order valence-electron chi connectivity index (χ1n) is 11.6. The zero-order valence-electron chi connectivity index (χ0n) is 19.6. The number of hydrogen-bond acceptors (Lipinski definition) is 4. The van der Waals surface area contributed by atoms with E-state index in [1.54, 1.807) is 13.2 Å². The summed E-state index contributed by atoms with van der Waals surface area (Å²) in [5, 5.41) is 4.37. The van der Waals surface area contributed by atoms with Crippen LogP contribution in [0.4, 0.5) is 10.1 Å². The van der Waals surface area contributed by atoms with Crippen molar-refractivity contribution in [3.63, 3.8) is 0 Å². The molecule has 2 aliphatic heterocycles. The molecule has 0 radical (unpaired) electrons. The molecule has 0 bridgehead atoms. The Labute approximate surface area is 185 Å². The van der Waals surface area contributed by atoms with Crippen LogP contribution >= 0.6 is 0 Å². The molecule has 172 valence electrons. The van der Waals surface area contributed by atoms with Crippen molar-refractivity contribution in [3.8, 4) is 0 Å². The van der Waals surface area contributed by atoms with E-state index in [9.17, 15) is 9.18 Å². The van der Waals surface area contributed by atoms with E-state index < -0.39 is 0 Å². The van der Waals surface area contributed by atoms with Crippen molar-refractivity contribution in [1.29, 1.82) is 0 Å². The van der Waals surface area contributed by atoms with Gasteiger partial charge in [0.2, 0.25) is 0 Å². The van der Waals surface area contributed by atoms with Crippen molar-refractivity contribution in [2.45, 2.75) is 65.2 Å². The molecule has 1 unspecified atom stereocenters. The summed E-state index contributed by atoms with van der Waals surface area (Å²) in [6, 6.07) is 5.03. The lowest BCUT2D eigenvalue weighted by atomic mass is 10.0. The summed E-state index contributed by atoms with van der Waals surface area (Å²) in [6.45, 7) is 9.26. The lowest BCUT2D eigenvalue weighted by molar-refractivity contribution is 0.0517. The van der Waals surface area contributed by atoms with Crippen LogP contribution in [0.5, 0.6) is 0 Å². The van der Waals surface area contributed by atoms with E-state index in [4.69, 9.17) is 4.74 Å². The molecular formula is C24H37FN4O2. The maximum absolute atomic E-state index is 14.1. The van der Waals surface area contributed by atoms with Gasteiger partial charge in [-0.15, -0.1) is 0 Å². The van der Waals surface area contributed by atoms with Crippen molar-refractivity contribution in [2.24, 2.45) is 0 Å². The largest absolute Gasteiger partial charge is 0.385 e. The first-order valence-corrected chi connectivity index (χ1v) is 11.6. The van der Waals surface area contributed by atoms with Gasteiger partial charge in [-0.3, -0.25) is 4.79 Å². The number of aryl methyl sites for hydroxylation is 1. The smallest absolute Gasteiger partial charge is 0.274 e. The zero-order valence-corrected chi connectivity index (χ0v) is 19.6. The number of aromatic nitrogens is 1. The number of carbonyl (C=O) groups is 1. The topological polar surface area (TPSA) is 49.7 Å². The minimum absolute atomic E-state index is 0.0440. The van der Waals surface area contributed by atoms with Gasteiger partial charge in [-0.25, -0.2) is 4.39 Å². The first kappa shape index (κ1) is 23.5. The molecule has 1 aromatic carbocycles. The van der Waals surface area contributed by atoms with Crippen molar-refractivity contribution in [3.05, 3.63) is 29.7 Å². The summed E-state index contributed by atoms with van der Waals surface area (Å²) in [5.74, 6) is -0.218. The molecule has 0 spiro atoms. The maximum atomic E-state index is 14.1. The summed E-state index contributed by atoms with van der Waals surface area (Å²) >= 11 is 0. The predicted molar refractivity (Wildman–Crippen MR) is 124 cm³/mol. The number of hydrogen-bond donors (Lipinski definition) is 1. The fourth-order valence-electron chi connectivity index (χ4n) is 4.83. The summed E-state index contributed by atoms with van der Waals surface area (Å²) in [6.07, 6.45) is 3.81. The van der Waals surface area contributed by atoms with Gasteiger partial charge in [-0.1, -0.05) is 13.8 Å². The second kappa shape index (κ2) is 10.5. The number of carbonyl (C=O) groups excluding carboxylic acids is 1. The van der Waals surface area contributed by atoms with Gasteiger partial charge >= 0.3 is 0 Å². The SMILES string of the molecule is CC.COCCCCn1c2c(c3ccc(F)cc31)N(C)C(C)N([C@@H]1CCCNC1)C2=O. The van der Waals surface area contributed by atoms with Crippen LogP contribution < -0.4 is 10.2 Å². The number of nitrogens with zero attached hydrogens (tertiary/aromatic N) is 3. The highest BCUT2D eigenvalue weighted by Crippen LogP contribution is 2.40. The standard InChI is InChI=1S/C22H31FN4O2.C2H6/c1-15-25(2)20-18-9-8-16(23)13-19(18)26(11-4-5-12-29-3)21(20)22(28)27(15)17-7-6-10-24-14-17;1-2/h8-9,13,15,17,24H,4-7,10-12,14H2,1-3H3;1-2H3/t15?,17-;/m1./s1. The average Bonchev–Trinajstić information content (AvgIpc) is 3.11. The quantitative estimate of drug-likeness (QED) is 0.695. The predicted octanol–water partition coefficient (Wildman–Crippen LogP) is 4.22. The number of amides is 1. The fourth-order valence-corrected chi connectivity index (χ4v) is 4.83. The third-order valence-corrected chi connectivity index (χ3v) is 6.40. The molecule has 31 heavy (non-hydrogen) atoms. The van der Waals surface area contributed by atoms with Crippen LogP contribution in [0, 0.1) is 5.82 Å². The number of benzene rings is 1. The normalized spacial score (nSPS) is 21.2. The van der Waals surface area contributed by atoms with Gasteiger partial charge in [-0.2, -0.15) is 0 Å². The van der Waals surface area contributed by atoms with Gasteiger partial charge in [0.15, 0.2) is 0 Å². The highest BCUT2D eigenvalue weighted by atomic mass is 19.1. The van der Waals surface area contributed by atoms with Gasteiger partial charge in [-0.05, 0) is 57.4 Å². The Morgan fingerprint density at radius 3 is 2.71 bits per heavy atom. The molecule has 1 N–H and O–H groups in total. The Morgan fingerprint density at radius 2 is 2.03 bits per heavy atom. The van der Waals surface area contributed by atoms with Gasteiger partial charge in [0.25, 0.3) is 5.91 Å². The van der Waals surface area contributed by atoms with Gasteiger partial charge < -0.3 is 24.4 Å². The molecule has 6 nitrogen and oxygen atoms in total. The molecule has 0 saturated carbocycles. The Balaban J connectivity index is 0.00000132. The zero-order chi connectivity index (χ0) is 22.5. The highest BCUT2D eigenvalue weighted by Gasteiger charge is 2.41. The van der Waals surface area contributed by atoms with E-state index in [1.807, 2.05) is 36.4 Å². The molecule has 2 aliphatic rings. The molecule has 1 fully saturated rings. The lowest BCUT2D eigenvalue weighted by Gasteiger charge is -2.46. The molecule has 2 atom stereocenters. The van der Waals surface area contributed by atoms with E-state index in [0.717, 1.165) is 55.4 Å². The van der Waals surface area contributed by atoms with Crippen molar-refractivity contribution >= 4 is 22.5 Å². The fraction of sp³-hybridized carbons (Fsp3) is 0.625. The maximum Gasteiger partial charge on any atom is 0.274 e. The van der Waals surface area contributed by atoms with E-state index >= 15 is 0 Å². The van der Waals surface area contributed by atoms with Crippen LogP contribution in [-0.4, -0.2) is 61.4 Å². The van der Waals surface area contributed by atoms with Crippen molar-refractivity contribution < 1.29 is 13.9 Å². The number of methoxy groups -OCH3 is 1. The van der Waals surface area contributed by atoms with Crippen molar-refractivity contribution in [1.82, 2.24) is 14.8 Å². The number of anilines is 1. The number of halogens is 1. The molecule has 1 saturated heterocycles. The Hall–Kier alpha value is -2.12. The number of nitrogens with one attached hydrogen (secondary N) is 1. The molecule has 1 aromatic heterocycles. The van der Waals surface area contributed by atoms with E-state index in [-0.39, 0.29) is 23.9 Å². The van der Waals surface area contributed by atoms with Crippen LogP contribution in [0.25, 0.3) is 10.9 Å². The lowest BCUT2D eigenvalue weighted by Crippen LogP contribution is -2.59. The Bertz CT molecular complexity index is 891. The summed E-state index contributed by atoms with van der Waals surface area (Å²) in [5.41, 5.74) is 2.40. The van der Waals surface area contributed by atoms with E-state index in [1.165, 1.54) is 6.07 Å². The summed E-state index contributed by atoms with van der Waals surface area (Å²) in [4.78, 5) is 18.0. The summed E-state index contributed by atoms with van der Waals surface area (Å²) in [7, 11) is 3.73. The number of unbranched alkanes of at least 4 members (excludes halogenated alkanes) is 1. The second-order valence-corrected chi connectivity index (χ2v) is 8.17. The molecule has 0 aliphatic carbocycles. The highest BCUT2D eigenvalue weighted by molar-refractivity contribution is 6.11. The molecule has 3 heterocycles. The van der Waals surface area contributed by atoms with E-state index in [0.29, 0.717) is 18.8 Å². The van der Waals surface area contributed by atoms with Crippen LogP contribution in [0.3, 0.4) is 0 Å². The molecule has 4 rings (SSSR count). The van der Waals surface area contributed by atoms with Crippen LogP contribution in [0.1, 0.15) is 56.9 Å². The van der Waals surface area contributed by atoms with Gasteiger partial charge in [0.05, 0.1) is 11.2 Å². The number of ether oxygens (including phenoxy) is 1. The van der Waals surface area contributed by atoms with Gasteiger partial charge in [0, 0.05) is 45.3 Å². The Morgan fingerprint density at radius 1 is 1.26 bits per heavy atom. The van der Waals surface area contributed by atoms with Gasteiger partial charge in [0.1, 0.15) is 17.7 Å². The molecule has 2 aromatic rings. The third-order valence-electron chi connectivity index (χ3n) is 6.40. The second-order valence-electron chi connectivity index (χ2n) is 8.17. The average molecular weight is 433 g/mol. The minimum Gasteiger partial charge on any atom is -0.385 e. The van der Waals surface area contributed by atoms with Crippen LogP contribution in [0.2, 0.25) is 0 Å². The minimum atomic E-state index is -0.276. The number of fused-ring (bicyclic) bond motifs is 3.